The van der Waals surface area contributed by atoms with E-state index in [-0.39, 0.29) is 0 Å². The highest BCUT2D eigenvalue weighted by atomic mass is 32.2. The molecule has 4 heteroatoms. The molecule has 0 unspecified atom stereocenters. The number of nitrogens with zero attached hydrogens (tertiary/aromatic N) is 2. The minimum absolute atomic E-state index is 0.836. The molecule has 3 rings (SSSR count). The van der Waals surface area contributed by atoms with E-state index in [1.165, 1.54) is 4.90 Å². The molecule has 3 aromatic rings. The van der Waals surface area contributed by atoms with Crippen LogP contribution in [0.15, 0.2) is 59.8 Å². The van der Waals surface area contributed by atoms with Crippen LogP contribution in [0.2, 0.25) is 0 Å². The predicted molar refractivity (Wildman–Crippen MR) is 81.0 cm³/mol. The number of hydrogen-bond acceptors (Lipinski definition) is 4. The summed E-state index contributed by atoms with van der Waals surface area (Å²) >= 11 is 1.73. The lowest BCUT2D eigenvalue weighted by Gasteiger charge is -2.08. The molecular weight excluding hydrogens is 254 g/mol. The van der Waals surface area contributed by atoms with Crippen molar-refractivity contribution in [2.45, 2.75) is 4.90 Å². The predicted octanol–water partition coefficient (Wildman–Crippen LogP) is 4.10. The maximum Gasteiger partial charge on any atom is 0.141 e. The van der Waals surface area contributed by atoms with Crippen LogP contribution in [0, 0.1) is 0 Å². The first kappa shape index (κ1) is 12.0. The summed E-state index contributed by atoms with van der Waals surface area (Å²) in [4.78, 5) is 9.82. The van der Waals surface area contributed by atoms with Crippen molar-refractivity contribution >= 4 is 34.2 Å². The molecule has 0 radical (unpaired) electrons. The number of nitrogens with one attached hydrogen (secondary N) is 1. The Morgan fingerprint density at radius 1 is 0.947 bits per heavy atom. The fourth-order valence-electron chi connectivity index (χ4n) is 1.92. The topological polar surface area (TPSA) is 37.8 Å². The molecule has 0 aliphatic heterocycles. The Morgan fingerprint density at radius 2 is 1.74 bits per heavy atom. The number of para-hydroxylation sites is 1. The number of thioether (sulfide) groups is 1. The first-order valence-corrected chi connectivity index (χ1v) is 7.20. The van der Waals surface area contributed by atoms with Gasteiger partial charge in [0, 0.05) is 16.0 Å². The largest absolute Gasteiger partial charge is 0.340 e. The van der Waals surface area contributed by atoms with E-state index in [4.69, 9.17) is 0 Å². The molecule has 0 atom stereocenters. The summed E-state index contributed by atoms with van der Waals surface area (Å²) in [7, 11) is 0. The van der Waals surface area contributed by atoms with Gasteiger partial charge in [-0.25, -0.2) is 9.97 Å². The normalized spacial score (nSPS) is 10.6. The van der Waals surface area contributed by atoms with Gasteiger partial charge in [-0.1, -0.05) is 12.1 Å². The van der Waals surface area contributed by atoms with Gasteiger partial charge in [0.2, 0.25) is 0 Å². The maximum atomic E-state index is 4.32. The zero-order chi connectivity index (χ0) is 13.1. The Balaban J connectivity index is 1.96. The van der Waals surface area contributed by atoms with Crippen molar-refractivity contribution in [3.63, 3.8) is 0 Å². The van der Waals surface area contributed by atoms with Gasteiger partial charge in [0.25, 0.3) is 0 Å². The van der Waals surface area contributed by atoms with E-state index < -0.39 is 0 Å². The summed E-state index contributed by atoms with van der Waals surface area (Å²) in [5.41, 5.74) is 1.97. The summed E-state index contributed by atoms with van der Waals surface area (Å²) in [5.74, 6) is 0.836. The van der Waals surface area contributed by atoms with Crippen LogP contribution >= 0.6 is 11.8 Å². The number of fused-ring (bicyclic) bond motifs is 1. The van der Waals surface area contributed by atoms with E-state index in [1.54, 1.807) is 18.1 Å². The van der Waals surface area contributed by atoms with Crippen molar-refractivity contribution in [3.05, 3.63) is 54.9 Å². The minimum Gasteiger partial charge on any atom is -0.340 e. The molecule has 0 saturated heterocycles. The van der Waals surface area contributed by atoms with Crippen LogP contribution in [0.1, 0.15) is 0 Å². The third-order valence-corrected chi connectivity index (χ3v) is 3.64. The van der Waals surface area contributed by atoms with Crippen LogP contribution in [-0.4, -0.2) is 16.2 Å². The van der Waals surface area contributed by atoms with Crippen LogP contribution in [-0.2, 0) is 0 Å². The second-order valence-electron chi connectivity index (χ2n) is 4.09. The molecule has 1 aromatic heterocycles. The molecular formula is C15H13N3S. The fraction of sp³-hybridized carbons (Fsp3) is 0.0667. The molecule has 0 aliphatic carbocycles. The van der Waals surface area contributed by atoms with Crippen LogP contribution in [0.4, 0.5) is 11.5 Å². The number of aromatic nitrogens is 2. The first-order chi connectivity index (χ1) is 9.36. The smallest absolute Gasteiger partial charge is 0.141 e. The van der Waals surface area contributed by atoms with E-state index in [1.807, 2.05) is 24.3 Å². The summed E-state index contributed by atoms with van der Waals surface area (Å²) in [6.07, 6.45) is 3.65. The molecule has 0 fully saturated rings. The third-order valence-electron chi connectivity index (χ3n) is 2.90. The molecule has 1 heterocycles. The van der Waals surface area contributed by atoms with Gasteiger partial charge in [-0.15, -0.1) is 11.8 Å². The molecule has 94 valence electrons. The lowest BCUT2D eigenvalue weighted by Crippen LogP contribution is -1.95. The van der Waals surface area contributed by atoms with Crippen LogP contribution in [0.5, 0.6) is 0 Å². The highest BCUT2D eigenvalue weighted by Crippen LogP contribution is 2.24. The molecule has 3 nitrogen and oxygen atoms in total. The standard InChI is InChI=1S/C15H13N3S/c1-19-12-8-6-11(7-9-12)18-15-13-4-2-3-5-14(13)16-10-17-15/h2-10H,1H3,(H,16,17,18). The van der Waals surface area contributed by atoms with Gasteiger partial charge in [0.15, 0.2) is 0 Å². The quantitative estimate of drug-likeness (QED) is 0.725. The van der Waals surface area contributed by atoms with Crippen LogP contribution < -0.4 is 5.32 Å². The van der Waals surface area contributed by atoms with E-state index in [9.17, 15) is 0 Å². The number of benzene rings is 2. The molecule has 0 saturated carbocycles. The molecule has 19 heavy (non-hydrogen) atoms. The molecule has 1 N–H and O–H groups in total. The first-order valence-electron chi connectivity index (χ1n) is 5.97. The van der Waals surface area contributed by atoms with Gasteiger partial charge < -0.3 is 5.32 Å². The summed E-state index contributed by atoms with van der Waals surface area (Å²) in [6.45, 7) is 0. The average molecular weight is 267 g/mol. The fourth-order valence-corrected chi connectivity index (χ4v) is 2.32. The monoisotopic (exact) mass is 267 g/mol. The molecule has 0 bridgehead atoms. The highest BCUT2D eigenvalue weighted by Gasteiger charge is 2.03. The summed E-state index contributed by atoms with van der Waals surface area (Å²) in [5, 5.41) is 4.36. The second kappa shape index (κ2) is 5.28. The van der Waals surface area contributed by atoms with Gasteiger partial charge in [-0.3, -0.25) is 0 Å². The average Bonchev–Trinajstić information content (AvgIpc) is 2.48. The molecule has 0 aliphatic rings. The van der Waals surface area contributed by atoms with Crippen molar-refractivity contribution in [1.82, 2.24) is 9.97 Å². The zero-order valence-corrected chi connectivity index (χ0v) is 11.3. The number of anilines is 2. The lowest BCUT2D eigenvalue weighted by atomic mass is 10.2. The van der Waals surface area contributed by atoms with E-state index in [0.29, 0.717) is 0 Å². The van der Waals surface area contributed by atoms with Crippen molar-refractivity contribution in [2.75, 3.05) is 11.6 Å². The molecule has 0 spiro atoms. The van der Waals surface area contributed by atoms with E-state index in [0.717, 1.165) is 22.4 Å². The van der Waals surface area contributed by atoms with Crippen molar-refractivity contribution in [3.8, 4) is 0 Å². The van der Waals surface area contributed by atoms with Crippen molar-refractivity contribution in [2.24, 2.45) is 0 Å². The number of hydrogen-bond donors (Lipinski definition) is 1. The minimum atomic E-state index is 0.836. The number of rotatable bonds is 3. The van der Waals surface area contributed by atoms with Gasteiger partial charge in [0.05, 0.1) is 5.52 Å². The Labute approximate surface area is 116 Å². The van der Waals surface area contributed by atoms with E-state index >= 15 is 0 Å². The zero-order valence-electron chi connectivity index (χ0n) is 10.5. The maximum absolute atomic E-state index is 4.32. The van der Waals surface area contributed by atoms with Crippen LogP contribution in [0.25, 0.3) is 10.9 Å². The second-order valence-corrected chi connectivity index (χ2v) is 4.97. The van der Waals surface area contributed by atoms with Gasteiger partial charge in [-0.2, -0.15) is 0 Å². The molecule has 2 aromatic carbocycles. The van der Waals surface area contributed by atoms with Gasteiger partial charge >= 0.3 is 0 Å². The Hall–Kier alpha value is -2.07. The third kappa shape index (κ3) is 2.53. The lowest BCUT2D eigenvalue weighted by molar-refractivity contribution is 1.22. The van der Waals surface area contributed by atoms with Crippen LogP contribution in [0.3, 0.4) is 0 Å². The Bertz CT molecular complexity index is 690. The molecule has 0 amide bonds. The van der Waals surface area contributed by atoms with Gasteiger partial charge in [-0.05, 0) is 42.7 Å². The summed E-state index contributed by atoms with van der Waals surface area (Å²) in [6, 6.07) is 16.3. The van der Waals surface area contributed by atoms with Crippen molar-refractivity contribution < 1.29 is 0 Å². The van der Waals surface area contributed by atoms with Gasteiger partial charge in [0.1, 0.15) is 12.1 Å². The van der Waals surface area contributed by atoms with Crippen molar-refractivity contribution in [1.29, 1.82) is 0 Å². The van der Waals surface area contributed by atoms with E-state index in [2.05, 4.69) is 45.8 Å². The Kier molecular flexibility index (Phi) is 3.33. The summed E-state index contributed by atoms with van der Waals surface area (Å²) < 4.78 is 0. The SMILES string of the molecule is CSc1ccc(Nc2ncnc3ccccc23)cc1. The Morgan fingerprint density at radius 3 is 2.53 bits per heavy atom. The highest BCUT2D eigenvalue weighted by molar-refractivity contribution is 7.98.